The molecule has 6 nitrogen and oxygen atoms in total. The third-order valence-electron chi connectivity index (χ3n) is 3.11. The van der Waals surface area contributed by atoms with Gasteiger partial charge < -0.3 is 10.1 Å². The Balaban J connectivity index is 2.27. The molecule has 0 aromatic carbocycles. The van der Waals surface area contributed by atoms with Gasteiger partial charge in [0.2, 0.25) is 10.0 Å². The predicted octanol–water partition coefficient (Wildman–Crippen LogP) is 1.31. The highest BCUT2D eigenvalue weighted by Gasteiger charge is 2.32. The quantitative estimate of drug-likeness (QED) is 0.907. The van der Waals surface area contributed by atoms with Gasteiger partial charge in [-0.3, -0.25) is 0 Å². The van der Waals surface area contributed by atoms with Gasteiger partial charge in [-0.15, -0.1) is 0 Å². The standard InChI is InChI=1S/C13H21N3O3S/c1-4-14-13-7-12(5-6-15-13)20(17,18)16-8-10(2)19-11(3)9-16/h5-7,10-11H,4,8-9H2,1-3H3,(H,14,15)/t10-,11+. The Morgan fingerprint density at radius 1 is 1.40 bits per heavy atom. The molecular weight excluding hydrogens is 278 g/mol. The molecule has 0 radical (unpaired) electrons. The number of nitrogens with zero attached hydrogens (tertiary/aromatic N) is 2. The number of anilines is 1. The second-order valence-electron chi connectivity index (χ2n) is 4.99. The highest BCUT2D eigenvalue weighted by molar-refractivity contribution is 7.89. The number of nitrogens with one attached hydrogen (secondary N) is 1. The molecule has 7 heteroatoms. The molecule has 0 unspecified atom stereocenters. The van der Waals surface area contributed by atoms with Gasteiger partial charge in [0.25, 0.3) is 0 Å². The van der Waals surface area contributed by atoms with Crippen molar-refractivity contribution in [2.24, 2.45) is 0 Å². The van der Waals surface area contributed by atoms with Crippen LogP contribution >= 0.6 is 0 Å². The summed E-state index contributed by atoms with van der Waals surface area (Å²) in [5.74, 6) is 0.572. The molecular formula is C13H21N3O3S. The molecule has 0 saturated carbocycles. The number of hydrogen-bond donors (Lipinski definition) is 1. The summed E-state index contributed by atoms with van der Waals surface area (Å²) in [6, 6.07) is 3.10. The summed E-state index contributed by atoms with van der Waals surface area (Å²) in [6.45, 7) is 7.16. The summed E-state index contributed by atoms with van der Waals surface area (Å²) in [6.07, 6.45) is 1.32. The molecule has 1 aliphatic heterocycles. The van der Waals surface area contributed by atoms with Crippen LogP contribution in [0, 0.1) is 0 Å². The number of pyridine rings is 1. The second-order valence-corrected chi connectivity index (χ2v) is 6.92. The van der Waals surface area contributed by atoms with Crippen molar-refractivity contribution >= 4 is 15.8 Å². The SMILES string of the molecule is CCNc1cc(S(=O)(=O)N2C[C@@H](C)O[C@@H](C)C2)ccn1. The Bertz CT molecular complexity index is 552. The van der Waals surface area contributed by atoms with Crippen LogP contribution in [0.15, 0.2) is 23.2 Å². The molecule has 2 atom stereocenters. The molecule has 1 aromatic rings. The van der Waals surface area contributed by atoms with Crippen LogP contribution < -0.4 is 5.32 Å². The Labute approximate surface area is 120 Å². The van der Waals surface area contributed by atoms with Gasteiger partial charge in [0, 0.05) is 31.9 Å². The van der Waals surface area contributed by atoms with Crippen molar-refractivity contribution < 1.29 is 13.2 Å². The van der Waals surface area contributed by atoms with E-state index in [-0.39, 0.29) is 17.1 Å². The van der Waals surface area contributed by atoms with Crippen LogP contribution in [0.3, 0.4) is 0 Å². The fourth-order valence-corrected chi connectivity index (χ4v) is 3.93. The van der Waals surface area contributed by atoms with E-state index in [0.717, 1.165) is 0 Å². The molecule has 0 amide bonds. The zero-order valence-corrected chi connectivity index (χ0v) is 12.9. The zero-order valence-electron chi connectivity index (χ0n) is 12.0. The van der Waals surface area contributed by atoms with Gasteiger partial charge in [-0.05, 0) is 26.8 Å². The van der Waals surface area contributed by atoms with Gasteiger partial charge in [-0.1, -0.05) is 0 Å². The number of sulfonamides is 1. The minimum absolute atomic E-state index is 0.0939. The fourth-order valence-electron chi connectivity index (χ4n) is 2.33. The van der Waals surface area contributed by atoms with Gasteiger partial charge in [-0.25, -0.2) is 13.4 Å². The lowest BCUT2D eigenvalue weighted by atomic mass is 10.3. The lowest BCUT2D eigenvalue weighted by Gasteiger charge is -2.34. The molecule has 20 heavy (non-hydrogen) atoms. The van der Waals surface area contributed by atoms with Crippen molar-refractivity contribution in [3.63, 3.8) is 0 Å². The van der Waals surface area contributed by atoms with Crippen molar-refractivity contribution in [3.05, 3.63) is 18.3 Å². The summed E-state index contributed by atoms with van der Waals surface area (Å²) in [5, 5.41) is 3.02. The predicted molar refractivity (Wildman–Crippen MR) is 77.2 cm³/mol. The molecule has 1 aliphatic rings. The van der Waals surface area contributed by atoms with Gasteiger partial charge in [-0.2, -0.15) is 4.31 Å². The summed E-state index contributed by atoms with van der Waals surface area (Å²) in [5.41, 5.74) is 0. The summed E-state index contributed by atoms with van der Waals surface area (Å²) < 4.78 is 32.4. The molecule has 0 aliphatic carbocycles. The van der Waals surface area contributed by atoms with E-state index in [1.165, 1.54) is 16.6 Å². The van der Waals surface area contributed by atoms with E-state index in [1.54, 1.807) is 6.07 Å². The smallest absolute Gasteiger partial charge is 0.243 e. The Hall–Kier alpha value is -1.18. The van der Waals surface area contributed by atoms with Crippen LogP contribution in [0.4, 0.5) is 5.82 Å². The molecule has 1 fully saturated rings. The number of aromatic nitrogens is 1. The van der Waals surface area contributed by atoms with Gasteiger partial charge >= 0.3 is 0 Å². The van der Waals surface area contributed by atoms with E-state index >= 15 is 0 Å². The van der Waals surface area contributed by atoms with Crippen LogP contribution in [0.1, 0.15) is 20.8 Å². The number of hydrogen-bond acceptors (Lipinski definition) is 5. The maximum absolute atomic E-state index is 12.6. The highest BCUT2D eigenvalue weighted by Crippen LogP contribution is 2.22. The van der Waals surface area contributed by atoms with Crippen molar-refractivity contribution in [1.82, 2.24) is 9.29 Å². The van der Waals surface area contributed by atoms with Crippen molar-refractivity contribution in [1.29, 1.82) is 0 Å². The lowest BCUT2D eigenvalue weighted by Crippen LogP contribution is -2.48. The molecule has 2 heterocycles. The molecule has 0 bridgehead atoms. The molecule has 0 spiro atoms. The average Bonchev–Trinajstić information content (AvgIpc) is 2.38. The average molecular weight is 299 g/mol. The monoisotopic (exact) mass is 299 g/mol. The van der Waals surface area contributed by atoms with E-state index in [0.29, 0.717) is 25.5 Å². The van der Waals surface area contributed by atoms with Crippen LogP contribution in [0.25, 0.3) is 0 Å². The Morgan fingerprint density at radius 3 is 2.65 bits per heavy atom. The first kappa shape index (κ1) is 15.2. The van der Waals surface area contributed by atoms with Crippen LogP contribution in [-0.4, -0.2) is 49.5 Å². The van der Waals surface area contributed by atoms with Crippen molar-refractivity contribution in [2.75, 3.05) is 25.0 Å². The normalized spacial score (nSPS) is 24.6. The van der Waals surface area contributed by atoms with Crippen LogP contribution in [0.2, 0.25) is 0 Å². The van der Waals surface area contributed by atoms with E-state index in [1.807, 2.05) is 20.8 Å². The third-order valence-corrected chi connectivity index (χ3v) is 4.94. The topological polar surface area (TPSA) is 71.5 Å². The van der Waals surface area contributed by atoms with E-state index < -0.39 is 10.0 Å². The van der Waals surface area contributed by atoms with Crippen molar-refractivity contribution in [3.8, 4) is 0 Å². The minimum atomic E-state index is -3.50. The number of ether oxygens (including phenoxy) is 1. The highest BCUT2D eigenvalue weighted by atomic mass is 32.2. The van der Waals surface area contributed by atoms with Crippen LogP contribution in [-0.2, 0) is 14.8 Å². The van der Waals surface area contributed by atoms with Gasteiger partial charge in [0.05, 0.1) is 17.1 Å². The zero-order chi connectivity index (χ0) is 14.8. The lowest BCUT2D eigenvalue weighted by molar-refractivity contribution is -0.0440. The Kier molecular flexibility index (Phi) is 4.62. The first-order chi connectivity index (χ1) is 9.43. The largest absolute Gasteiger partial charge is 0.373 e. The Morgan fingerprint density at radius 2 is 2.05 bits per heavy atom. The number of rotatable bonds is 4. The maximum Gasteiger partial charge on any atom is 0.243 e. The van der Waals surface area contributed by atoms with E-state index in [9.17, 15) is 8.42 Å². The fraction of sp³-hybridized carbons (Fsp3) is 0.615. The van der Waals surface area contributed by atoms with E-state index in [2.05, 4.69) is 10.3 Å². The molecule has 2 rings (SSSR count). The molecule has 1 aromatic heterocycles. The van der Waals surface area contributed by atoms with Gasteiger partial charge in [0.15, 0.2) is 0 Å². The van der Waals surface area contributed by atoms with E-state index in [4.69, 9.17) is 4.74 Å². The number of morpholine rings is 1. The maximum atomic E-state index is 12.6. The molecule has 112 valence electrons. The summed E-state index contributed by atoms with van der Waals surface area (Å²) in [7, 11) is -3.50. The first-order valence-corrected chi connectivity index (χ1v) is 8.23. The third kappa shape index (κ3) is 3.28. The summed E-state index contributed by atoms with van der Waals surface area (Å²) >= 11 is 0. The minimum Gasteiger partial charge on any atom is -0.373 e. The van der Waals surface area contributed by atoms with Gasteiger partial charge in [0.1, 0.15) is 5.82 Å². The van der Waals surface area contributed by atoms with Crippen LogP contribution in [0.5, 0.6) is 0 Å². The second kappa shape index (κ2) is 6.07. The molecule has 1 N–H and O–H groups in total. The summed E-state index contributed by atoms with van der Waals surface area (Å²) in [4.78, 5) is 4.37. The first-order valence-electron chi connectivity index (χ1n) is 6.79. The van der Waals surface area contributed by atoms with Crippen molar-refractivity contribution in [2.45, 2.75) is 37.9 Å². The molecule has 1 saturated heterocycles.